The highest BCUT2D eigenvalue weighted by atomic mass is 16.6. The van der Waals surface area contributed by atoms with Crippen LogP contribution in [-0.4, -0.2) is 30.3 Å². The summed E-state index contributed by atoms with van der Waals surface area (Å²) < 4.78 is 5.28. The maximum atomic E-state index is 11.7. The topological polar surface area (TPSA) is 50.4 Å². The molecule has 2 atom stereocenters. The number of carbonyl (C=O) groups is 1. The van der Waals surface area contributed by atoms with Gasteiger partial charge in [0.1, 0.15) is 5.60 Å². The second-order valence-corrected chi connectivity index (χ2v) is 6.27. The monoisotopic (exact) mass is 240 g/mol. The molecular weight excluding hydrogens is 216 g/mol. The maximum Gasteiger partial charge on any atom is 0.407 e. The third-order valence-electron chi connectivity index (χ3n) is 3.35. The predicted octanol–water partition coefficient (Wildman–Crippen LogP) is 2.04. The number of alkyl carbamates (subject to hydrolysis) is 1. The fraction of sp³-hybridized carbons (Fsp3) is 0.923. The average molecular weight is 240 g/mol. The molecule has 1 heterocycles. The maximum absolute atomic E-state index is 11.7. The van der Waals surface area contributed by atoms with Gasteiger partial charge in [-0.15, -0.1) is 0 Å². The Morgan fingerprint density at radius 2 is 2.00 bits per heavy atom. The van der Waals surface area contributed by atoms with Crippen LogP contribution in [-0.2, 0) is 4.74 Å². The van der Waals surface area contributed by atoms with E-state index in [-0.39, 0.29) is 12.1 Å². The SMILES string of the molecule is CC(C)(C)OC(=O)N[C@H]1CCN[C@H](C2CC2)C1. The number of amides is 1. The van der Waals surface area contributed by atoms with Gasteiger partial charge in [0.2, 0.25) is 0 Å². The number of rotatable bonds is 2. The van der Waals surface area contributed by atoms with Crippen molar-refractivity contribution >= 4 is 6.09 Å². The van der Waals surface area contributed by atoms with Crippen molar-refractivity contribution in [2.24, 2.45) is 5.92 Å². The van der Waals surface area contributed by atoms with E-state index >= 15 is 0 Å². The zero-order valence-electron chi connectivity index (χ0n) is 11.1. The summed E-state index contributed by atoms with van der Waals surface area (Å²) >= 11 is 0. The largest absolute Gasteiger partial charge is 0.444 e. The van der Waals surface area contributed by atoms with E-state index in [9.17, 15) is 4.79 Å². The highest BCUT2D eigenvalue weighted by Gasteiger charge is 2.35. The van der Waals surface area contributed by atoms with Crippen LogP contribution in [0.15, 0.2) is 0 Å². The predicted molar refractivity (Wildman–Crippen MR) is 66.9 cm³/mol. The molecular formula is C13H24N2O2. The molecule has 2 N–H and O–H groups in total. The smallest absolute Gasteiger partial charge is 0.407 e. The van der Waals surface area contributed by atoms with Crippen LogP contribution in [0.25, 0.3) is 0 Å². The highest BCUT2D eigenvalue weighted by Crippen LogP contribution is 2.35. The van der Waals surface area contributed by atoms with E-state index < -0.39 is 5.60 Å². The number of hydrogen-bond acceptors (Lipinski definition) is 3. The third-order valence-corrected chi connectivity index (χ3v) is 3.35. The van der Waals surface area contributed by atoms with Gasteiger partial charge in [0.05, 0.1) is 0 Å². The Kier molecular flexibility index (Phi) is 3.61. The van der Waals surface area contributed by atoms with Crippen LogP contribution < -0.4 is 10.6 Å². The Balaban J connectivity index is 1.76. The quantitative estimate of drug-likeness (QED) is 0.776. The molecule has 0 aromatic carbocycles. The van der Waals surface area contributed by atoms with Crippen molar-refractivity contribution in [2.75, 3.05) is 6.54 Å². The molecule has 1 amide bonds. The van der Waals surface area contributed by atoms with Crippen LogP contribution in [0.1, 0.15) is 46.5 Å². The van der Waals surface area contributed by atoms with Crippen molar-refractivity contribution < 1.29 is 9.53 Å². The molecule has 0 spiro atoms. The van der Waals surface area contributed by atoms with Crippen molar-refractivity contribution in [3.63, 3.8) is 0 Å². The summed E-state index contributed by atoms with van der Waals surface area (Å²) in [6.07, 6.45) is 4.46. The minimum absolute atomic E-state index is 0.275. The lowest BCUT2D eigenvalue weighted by Gasteiger charge is -2.31. The van der Waals surface area contributed by atoms with E-state index in [1.807, 2.05) is 20.8 Å². The fourth-order valence-corrected chi connectivity index (χ4v) is 2.41. The van der Waals surface area contributed by atoms with Gasteiger partial charge in [-0.25, -0.2) is 4.79 Å². The van der Waals surface area contributed by atoms with Crippen molar-refractivity contribution in [1.82, 2.24) is 10.6 Å². The normalized spacial score (nSPS) is 29.8. The molecule has 2 aliphatic rings. The van der Waals surface area contributed by atoms with Gasteiger partial charge in [0.15, 0.2) is 0 Å². The van der Waals surface area contributed by atoms with Gasteiger partial charge in [-0.1, -0.05) is 0 Å². The lowest BCUT2D eigenvalue weighted by Crippen LogP contribution is -2.49. The van der Waals surface area contributed by atoms with Crippen LogP contribution in [0.4, 0.5) is 4.79 Å². The minimum Gasteiger partial charge on any atom is -0.444 e. The molecule has 4 heteroatoms. The highest BCUT2D eigenvalue weighted by molar-refractivity contribution is 5.68. The zero-order chi connectivity index (χ0) is 12.5. The van der Waals surface area contributed by atoms with Gasteiger partial charge < -0.3 is 15.4 Å². The molecule has 0 aromatic heterocycles. The second kappa shape index (κ2) is 4.84. The Morgan fingerprint density at radius 3 is 2.59 bits per heavy atom. The zero-order valence-corrected chi connectivity index (χ0v) is 11.1. The van der Waals surface area contributed by atoms with Crippen LogP contribution >= 0.6 is 0 Å². The van der Waals surface area contributed by atoms with E-state index in [0.717, 1.165) is 25.3 Å². The summed E-state index contributed by atoms with van der Waals surface area (Å²) in [7, 11) is 0. The summed E-state index contributed by atoms with van der Waals surface area (Å²) in [5.74, 6) is 0.846. The molecule has 17 heavy (non-hydrogen) atoms. The fourth-order valence-electron chi connectivity index (χ4n) is 2.41. The first kappa shape index (κ1) is 12.7. The van der Waals surface area contributed by atoms with Crippen LogP contribution in [0.5, 0.6) is 0 Å². The van der Waals surface area contributed by atoms with E-state index in [1.54, 1.807) is 0 Å². The summed E-state index contributed by atoms with van der Waals surface area (Å²) in [4.78, 5) is 11.7. The van der Waals surface area contributed by atoms with Crippen LogP contribution in [0.3, 0.4) is 0 Å². The number of carbonyl (C=O) groups excluding carboxylic acids is 1. The first-order valence-corrected chi connectivity index (χ1v) is 6.67. The van der Waals surface area contributed by atoms with Crippen molar-refractivity contribution in [3.8, 4) is 0 Å². The number of ether oxygens (including phenoxy) is 1. The third kappa shape index (κ3) is 4.19. The Bertz CT molecular complexity index is 282. The molecule has 98 valence electrons. The molecule has 0 bridgehead atoms. The first-order chi connectivity index (χ1) is 7.94. The van der Waals surface area contributed by atoms with Crippen molar-refractivity contribution in [1.29, 1.82) is 0 Å². The van der Waals surface area contributed by atoms with Gasteiger partial charge in [-0.05, 0) is 58.9 Å². The summed E-state index contributed by atoms with van der Waals surface area (Å²) in [5, 5.41) is 6.53. The molecule has 2 fully saturated rings. The summed E-state index contributed by atoms with van der Waals surface area (Å²) in [6, 6.07) is 0.875. The molecule has 4 nitrogen and oxygen atoms in total. The lowest BCUT2D eigenvalue weighted by molar-refractivity contribution is 0.0488. The minimum atomic E-state index is -0.410. The summed E-state index contributed by atoms with van der Waals surface area (Å²) in [5.41, 5.74) is -0.410. The molecule has 1 saturated heterocycles. The Morgan fingerprint density at radius 1 is 1.29 bits per heavy atom. The average Bonchev–Trinajstić information content (AvgIpc) is 2.97. The molecule has 1 aliphatic carbocycles. The van der Waals surface area contributed by atoms with E-state index in [4.69, 9.17) is 4.74 Å². The van der Waals surface area contributed by atoms with E-state index in [0.29, 0.717) is 6.04 Å². The lowest BCUT2D eigenvalue weighted by atomic mass is 9.96. The first-order valence-electron chi connectivity index (χ1n) is 6.67. The Hall–Kier alpha value is -0.770. The second-order valence-electron chi connectivity index (χ2n) is 6.27. The Labute approximate surface area is 103 Å². The standard InChI is InChI=1S/C13H24N2O2/c1-13(2,3)17-12(16)15-10-6-7-14-11(8-10)9-4-5-9/h9-11,14H,4-8H2,1-3H3,(H,15,16)/t10-,11-/m0/s1. The van der Waals surface area contributed by atoms with Crippen LogP contribution in [0, 0.1) is 5.92 Å². The van der Waals surface area contributed by atoms with Crippen molar-refractivity contribution in [3.05, 3.63) is 0 Å². The molecule has 0 aromatic rings. The molecule has 2 rings (SSSR count). The number of nitrogens with one attached hydrogen (secondary N) is 2. The van der Waals surface area contributed by atoms with Gasteiger partial charge >= 0.3 is 6.09 Å². The van der Waals surface area contributed by atoms with Gasteiger partial charge in [0, 0.05) is 12.1 Å². The molecule has 1 saturated carbocycles. The van der Waals surface area contributed by atoms with Crippen molar-refractivity contribution in [2.45, 2.75) is 64.1 Å². The summed E-state index contributed by atoms with van der Waals surface area (Å²) in [6.45, 7) is 6.67. The molecule has 0 radical (unpaired) electrons. The van der Waals surface area contributed by atoms with E-state index in [2.05, 4.69) is 10.6 Å². The molecule has 1 aliphatic heterocycles. The van der Waals surface area contributed by atoms with Gasteiger partial charge in [-0.3, -0.25) is 0 Å². The molecule has 0 unspecified atom stereocenters. The van der Waals surface area contributed by atoms with Gasteiger partial charge in [-0.2, -0.15) is 0 Å². The number of piperidine rings is 1. The van der Waals surface area contributed by atoms with E-state index in [1.165, 1.54) is 12.8 Å². The van der Waals surface area contributed by atoms with Crippen LogP contribution in [0.2, 0.25) is 0 Å². The van der Waals surface area contributed by atoms with Gasteiger partial charge in [0.25, 0.3) is 0 Å². The number of hydrogen-bond donors (Lipinski definition) is 2.